The summed E-state index contributed by atoms with van der Waals surface area (Å²) >= 11 is 1.28. The highest BCUT2D eigenvalue weighted by molar-refractivity contribution is 8.08. The Kier molecular flexibility index (Phi) is 2.87. The number of nitrogens with zero attached hydrogens (tertiary/aromatic N) is 3. The zero-order chi connectivity index (χ0) is 14.6. The lowest BCUT2D eigenvalue weighted by Crippen LogP contribution is -2.58. The highest BCUT2D eigenvalue weighted by Gasteiger charge is 2.56. The first kappa shape index (κ1) is 13.2. The van der Waals surface area contributed by atoms with Crippen molar-refractivity contribution in [3.8, 4) is 0 Å². The summed E-state index contributed by atoms with van der Waals surface area (Å²) in [5.41, 5.74) is 1.61. The average Bonchev–Trinajstić information content (AvgIpc) is 2.90. The topological polar surface area (TPSA) is 95.7 Å². The van der Waals surface area contributed by atoms with Crippen molar-refractivity contribution in [2.45, 2.75) is 19.2 Å². The third-order valence-corrected chi connectivity index (χ3v) is 5.09. The fourth-order valence-corrected chi connectivity index (χ4v) is 3.91. The summed E-state index contributed by atoms with van der Waals surface area (Å²) in [6.45, 7) is 3.41. The predicted molar refractivity (Wildman–Crippen MR) is 71.4 cm³/mol. The first-order chi connectivity index (χ1) is 9.47. The third-order valence-electron chi connectivity index (χ3n) is 3.70. The van der Waals surface area contributed by atoms with Crippen LogP contribution in [0.4, 0.5) is 0 Å². The van der Waals surface area contributed by atoms with Crippen molar-refractivity contribution in [2.24, 2.45) is 5.92 Å². The molecule has 1 amide bonds. The van der Waals surface area contributed by atoms with Gasteiger partial charge in [0.25, 0.3) is 0 Å². The van der Waals surface area contributed by atoms with Crippen molar-refractivity contribution in [2.75, 3.05) is 6.61 Å². The summed E-state index contributed by atoms with van der Waals surface area (Å²) in [7, 11) is 0. The fraction of sp³-hybridized carbons (Fsp3) is 0.417. The minimum Gasteiger partial charge on any atom is -0.476 e. The van der Waals surface area contributed by atoms with Crippen LogP contribution < -0.4 is 0 Å². The van der Waals surface area contributed by atoms with Gasteiger partial charge >= 0.3 is 5.97 Å². The maximum absolute atomic E-state index is 11.9. The second kappa shape index (κ2) is 4.35. The maximum Gasteiger partial charge on any atom is 0.355 e. The van der Waals surface area contributed by atoms with E-state index in [4.69, 9.17) is 0 Å². The lowest BCUT2D eigenvalue weighted by molar-refractivity contribution is -0.153. The second-order valence-corrected chi connectivity index (χ2v) is 5.86. The molecule has 0 spiro atoms. The van der Waals surface area contributed by atoms with Gasteiger partial charge in [-0.2, -0.15) is 0 Å². The third kappa shape index (κ3) is 1.55. The molecular weight excluding hydrogens is 282 g/mol. The Morgan fingerprint density at radius 3 is 2.70 bits per heavy atom. The van der Waals surface area contributed by atoms with Gasteiger partial charge in [0.2, 0.25) is 5.91 Å². The van der Waals surface area contributed by atoms with Gasteiger partial charge in [0, 0.05) is 5.69 Å². The van der Waals surface area contributed by atoms with Crippen molar-refractivity contribution < 1.29 is 19.8 Å². The molecule has 7 nitrogen and oxygen atoms in total. The highest BCUT2D eigenvalue weighted by Crippen LogP contribution is 2.51. The van der Waals surface area contributed by atoms with Crippen LogP contribution in [0.5, 0.6) is 0 Å². The first-order valence-electron chi connectivity index (χ1n) is 6.06. The highest BCUT2D eigenvalue weighted by atomic mass is 32.2. The fourth-order valence-electron chi connectivity index (χ4n) is 2.41. The van der Waals surface area contributed by atoms with Gasteiger partial charge in [0.15, 0.2) is 5.70 Å². The molecule has 0 radical (unpaired) electrons. The molecule has 1 aromatic heterocycles. The molecule has 106 valence electrons. The van der Waals surface area contributed by atoms with E-state index in [2.05, 4.69) is 4.98 Å². The van der Waals surface area contributed by atoms with Crippen LogP contribution in [-0.2, 0) is 9.59 Å². The quantitative estimate of drug-likeness (QED) is 0.775. The molecule has 3 rings (SSSR count). The van der Waals surface area contributed by atoms with E-state index >= 15 is 0 Å². The number of aryl methyl sites for hydroxylation is 1. The SMILES string of the molecule is Cc1ncn(C2=C(C(=O)O)N3C(=O)[C@H](CO)[C@H]3S2)c1C. The minimum atomic E-state index is -1.15. The molecule has 3 heterocycles. The van der Waals surface area contributed by atoms with Crippen molar-refractivity contribution in [1.29, 1.82) is 0 Å². The van der Waals surface area contributed by atoms with Crippen LogP contribution in [0.25, 0.3) is 5.03 Å². The van der Waals surface area contributed by atoms with Crippen LogP contribution in [0.1, 0.15) is 11.4 Å². The van der Waals surface area contributed by atoms with Crippen LogP contribution in [-0.4, -0.2) is 48.5 Å². The molecular formula is C12H13N3O4S. The Bertz CT molecular complexity index is 651. The van der Waals surface area contributed by atoms with Gasteiger partial charge in [-0.1, -0.05) is 11.8 Å². The van der Waals surface area contributed by atoms with Crippen LogP contribution in [0.3, 0.4) is 0 Å². The van der Waals surface area contributed by atoms with Gasteiger partial charge in [-0.15, -0.1) is 0 Å². The molecule has 20 heavy (non-hydrogen) atoms. The Balaban J connectivity index is 2.08. The van der Waals surface area contributed by atoms with Crippen LogP contribution >= 0.6 is 11.8 Å². The molecule has 1 aromatic rings. The van der Waals surface area contributed by atoms with Crippen LogP contribution in [0, 0.1) is 19.8 Å². The number of imidazole rings is 1. The van der Waals surface area contributed by atoms with E-state index in [1.165, 1.54) is 16.7 Å². The lowest BCUT2D eigenvalue weighted by atomic mass is 9.98. The van der Waals surface area contributed by atoms with Crippen molar-refractivity contribution >= 4 is 28.7 Å². The number of carbonyl (C=O) groups excluding carboxylic acids is 1. The number of carboxylic acid groups (broad SMARTS) is 1. The number of amides is 1. The number of hydrogen-bond acceptors (Lipinski definition) is 5. The van der Waals surface area contributed by atoms with Crippen molar-refractivity contribution in [3.05, 3.63) is 23.4 Å². The second-order valence-electron chi connectivity index (χ2n) is 4.75. The zero-order valence-corrected chi connectivity index (χ0v) is 11.7. The number of hydrogen-bond donors (Lipinski definition) is 2. The van der Waals surface area contributed by atoms with Gasteiger partial charge in [-0.25, -0.2) is 9.78 Å². The summed E-state index contributed by atoms with van der Waals surface area (Å²) in [5, 5.41) is 18.7. The van der Waals surface area contributed by atoms with Gasteiger partial charge in [-0.3, -0.25) is 14.3 Å². The molecule has 0 aliphatic carbocycles. The van der Waals surface area contributed by atoms with Gasteiger partial charge in [-0.05, 0) is 13.8 Å². The van der Waals surface area contributed by atoms with E-state index in [0.29, 0.717) is 5.03 Å². The molecule has 2 N–H and O–H groups in total. The number of aromatic nitrogens is 2. The Labute approximate surface area is 118 Å². The summed E-state index contributed by atoms with van der Waals surface area (Å²) in [5.74, 6) is -2.02. The number of aliphatic hydroxyl groups is 1. The monoisotopic (exact) mass is 295 g/mol. The van der Waals surface area contributed by atoms with E-state index in [-0.39, 0.29) is 23.6 Å². The maximum atomic E-state index is 11.9. The molecule has 0 saturated carbocycles. The zero-order valence-electron chi connectivity index (χ0n) is 10.9. The van der Waals surface area contributed by atoms with Gasteiger partial charge < -0.3 is 10.2 Å². The van der Waals surface area contributed by atoms with Crippen LogP contribution in [0.2, 0.25) is 0 Å². The molecule has 0 aromatic carbocycles. The summed E-state index contributed by atoms with van der Waals surface area (Å²) in [4.78, 5) is 28.8. The number of thioether (sulfide) groups is 1. The molecule has 2 atom stereocenters. The van der Waals surface area contributed by atoms with E-state index in [1.807, 2.05) is 13.8 Å². The molecule has 0 bridgehead atoms. The number of aliphatic hydroxyl groups excluding tert-OH is 1. The smallest absolute Gasteiger partial charge is 0.355 e. The van der Waals surface area contributed by atoms with Gasteiger partial charge in [0.05, 0.1) is 18.2 Å². The van der Waals surface area contributed by atoms with E-state index in [0.717, 1.165) is 11.4 Å². The molecule has 8 heteroatoms. The number of carboxylic acids is 1. The number of fused-ring (bicyclic) bond motifs is 1. The number of carbonyl (C=O) groups is 2. The number of β-lactam (4-membered cyclic amide) rings is 1. The van der Waals surface area contributed by atoms with Crippen molar-refractivity contribution in [3.63, 3.8) is 0 Å². The van der Waals surface area contributed by atoms with Crippen LogP contribution in [0.15, 0.2) is 12.0 Å². The largest absolute Gasteiger partial charge is 0.476 e. The Morgan fingerprint density at radius 1 is 1.50 bits per heavy atom. The molecule has 1 fully saturated rings. The normalized spacial score (nSPS) is 24.9. The van der Waals surface area contributed by atoms with E-state index in [9.17, 15) is 19.8 Å². The van der Waals surface area contributed by atoms with E-state index < -0.39 is 11.9 Å². The number of aliphatic carboxylic acids is 1. The van der Waals surface area contributed by atoms with Crippen molar-refractivity contribution in [1.82, 2.24) is 14.5 Å². The first-order valence-corrected chi connectivity index (χ1v) is 6.94. The average molecular weight is 295 g/mol. The molecule has 1 saturated heterocycles. The molecule has 0 unspecified atom stereocenters. The summed E-state index contributed by atoms with van der Waals surface area (Å²) < 4.78 is 1.68. The lowest BCUT2D eigenvalue weighted by Gasteiger charge is -2.40. The summed E-state index contributed by atoms with van der Waals surface area (Å²) in [6.07, 6.45) is 1.56. The van der Waals surface area contributed by atoms with E-state index in [1.54, 1.807) is 10.9 Å². The standard InChI is InChI=1S/C12H13N3O4S/c1-5-6(2)14(4-13-5)11-8(12(18)19)15-9(17)7(3-16)10(15)20-11/h4,7,10,16H,3H2,1-2H3,(H,18,19)/t7-,10+/m0/s1. The molecule has 2 aliphatic rings. The predicted octanol–water partition coefficient (Wildman–Crippen LogP) is 0.234. The molecule has 2 aliphatic heterocycles. The minimum absolute atomic E-state index is 0.0322. The Morgan fingerprint density at radius 2 is 2.20 bits per heavy atom. The summed E-state index contributed by atoms with van der Waals surface area (Å²) in [6, 6.07) is 0. The number of rotatable bonds is 3. The van der Waals surface area contributed by atoms with Gasteiger partial charge in [0.1, 0.15) is 16.7 Å². The Hall–Kier alpha value is -1.80.